The number of carbonyl (C=O) groups excluding carboxylic acids is 1. The standard InChI is InChI=1S/C10H6Cl2O/c11-8-5-9(13)6-3-1-2-4-7(6)10(8)12/h1-4H,5H2. The van der Waals surface area contributed by atoms with E-state index >= 15 is 0 Å². The second-order valence-corrected chi connectivity index (χ2v) is 3.70. The largest absolute Gasteiger partial charge is 0.294 e. The van der Waals surface area contributed by atoms with Crippen molar-refractivity contribution in [1.29, 1.82) is 0 Å². The highest BCUT2D eigenvalue weighted by Crippen LogP contribution is 2.35. The molecule has 0 atom stereocenters. The first-order chi connectivity index (χ1) is 6.20. The van der Waals surface area contributed by atoms with Crippen molar-refractivity contribution in [3.8, 4) is 0 Å². The van der Waals surface area contributed by atoms with E-state index < -0.39 is 0 Å². The Hall–Kier alpha value is -0.790. The molecule has 1 nitrogen and oxygen atoms in total. The van der Waals surface area contributed by atoms with E-state index in [4.69, 9.17) is 23.2 Å². The summed E-state index contributed by atoms with van der Waals surface area (Å²) in [6.45, 7) is 0. The topological polar surface area (TPSA) is 17.1 Å². The molecule has 0 aromatic heterocycles. The fourth-order valence-electron chi connectivity index (χ4n) is 1.38. The van der Waals surface area contributed by atoms with Crippen molar-refractivity contribution >= 4 is 34.0 Å². The van der Waals surface area contributed by atoms with Crippen LogP contribution in [0.2, 0.25) is 0 Å². The molecule has 0 aliphatic heterocycles. The van der Waals surface area contributed by atoms with Crippen LogP contribution in [-0.2, 0) is 0 Å². The third-order valence-corrected chi connectivity index (χ3v) is 2.87. The predicted molar refractivity (Wildman–Crippen MR) is 54.0 cm³/mol. The fourth-order valence-corrected chi connectivity index (χ4v) is 1.83. The molecule has 0 radical (unpaired) electrons. The van der Waals surface area contributed by atoms with Gasteiger partial charge in [0, 0.05) is 22.6 Å². The van der Waals surface area contributed by atoms with E-state index in [1.807, 2.05) is 12.1 Å². The van der Waals surface area contributed by atoms with Crippen molar-refractivity contribution in [1.82, 2.24) is 0 Å². The van der Waals surface area contributed by atoms with Crippen LogP contribution >= 0.6 is 23.2 Å². The number of hydrogen-bond acceptors (Lipinski definition) is 1. The second kappa shape index (κ2) is 3.17. The van der Waals surface area contributed by atoms with Gasteiger partial charge in [-0.3, -0.25) is 4.79 Å². The van der Waals surface area contributed by atoms with E-state index in [0.29, 0.717) is 15.6 Å². The summed E-state index contributed by atoms with van der Waals surface area (Å²) in [4.78, 5) is 11.5. The number of carbonyl (C=O) groups is 1. The Morgan fingerprint density at radius 3 is 2.38 bits per heavy atom. The van der Waals surface area contributed by atoms with Crippen LogP contribution in [0.5, 0.6) is 0 Å². The maximum Gasteiger partial charge on any atom is 0.168 e. The number of halogens is 2. The molecule has 3 heteroatoms. The van der Waals surface area contributed by atoms with Gasteiger partial charge in [0.25, 0.3) is 0 Å². The van der Waals surface area contributed by atoms with Gasteiger partial charge in [0.2, 0.25) is 0 Å². The molecule has 2 rings (SSSR count). The zero-order valence-corrected chi connectivity index (χ0v) is 8.19. The highest BCUT2D eigenvalue weighted by Gasteiger charge is 2.21. The van der Waals surface area contributed by atoms with Gasteiger partial charge in [-0.15, -0.1) is 0 Å². The van der Waals surface area contributed by atoms with Crippen LogP contribution < -0.4 is 0 Å². The Morgan fingerprint density at radius 2 is 1.69 bits per heavy atom. The normalized spacial score (nSPS) is 16.0. The summed E-state index contributed by atoms with van der Waals surface area (Å²) >= 11 is 11.8. The van der Waals surface area contributed by atoms with Gasteiger partial charge in [-0.1, -0.05) is 47.5 Å². The summed E-state index contributed by atoms with van der Waals surface area (Å²) in [5.41, 5.74) is 1.40. The van der Waals surface area contributed by atoms with Gasteiger partial charge < -0.3 is 0 Å². The Labute approximate surface area is 86.0 Å². The Bertz CT molecular complexity index is 407. The monoisotopic (exact) mass is 212 g/mol. The smallest absolute Gasteiger partial charge is 0.168 e. The third-order valence-electron chi connectivity index (χ3n) is 2.02. The number of benzene rings is 1. The molecule has 0 heterocycles. The number of ketones is 1. The first-order valence-corrected chi connectivity index (χ1v) is 4.62. The lowest BCUT2D eigenvalue weighted by Crippen LogP contribution is -2.07. The number of Topliss-reactive ketones (excluding diaryl/α,β-unsaturated/α-hetero) is 1. The summed E-state index contributed by atoms with van der Waals surface area (Å²) in [6.07, 6.45) is 0.220. The highest BCUT2D eigenvalue weighted by molar-refractivity contribution is 6.56. The van der Waals surface area contributed by atoms with Crippen LogP contribution in [0.25, 0.3) is 5.03 Å². The van der Waals surface area contributed by atoms with Gasteiger partial charge in [-0.2, -0.15) is 0 Å². The van der Waals surface area contributed by atoms with Crippen LogP contribution in [-0.4, -0.2) is 5.78 Å². The molecular weight excluding hydrogens is 207 g/mol. The summed E-state index contributed by atoms with van der Waals surface area (Å²) in [6, 6.07) is 7.23. The molecule has 0 unspecified atom stereocenters. The summed E-state index contributed by atoms with van der Waals surface area (Å²) in [5, 5.41) is 0.933. The minimum absolute atomic E-state index is 0.0324. The molecule has 0 saturated heterocycles. The first-order valence-electron chi connectivity index (χ1n) is 3.87. The van der Waals surface area contributed by atoms with Crippen LogP contribution in [0.15, 0.2) is 29.3 Å². The predicted octanol–water partition coefficient (Wildman–Crippen LogP) is 3.42. The molecular formula is C10H6Cl2O. The first kappa shape index (κ1) is 8.79. The molecule has 0 bridgehead atoms. The lowest BCUT2D eigenvalue weighted by atomic mass is 9.96. The molecule has 0 amide bonds. The number of hydrogen-bond donors (Lipinski definition) is 0. The molecule has 0 fully saturated rings. The van der Waals surface area contributed by atoms with Crippen molar-refractivity contribution in [3.05, 3.63) is 40.4 Å². The van der Waals surface area contributed by atoms with E-state index in [9.17, 15) is 4.79 Å². The molecule has 13 heavy (non-hydrogen) atoms. The maximum atomic E-state index is 11.5. The van der Waals surface area contributed by atoms with Crippen LogP contribution in [0.4, 0.5) is 0 Å². The number of rotatable bonds is 0. The van der Waals surface area contributed by atoms with Crippen molar-refractivity contribution < 1.29 is 4.79 Å². The van der Waals surface area contributed by atoms with E-state index in [1.54, 1.807) is 12.1 Å². The lowest BCUT2D eigenvalue weighted by Gasteiger charge is -2.14. The van der Waals surface area contributed by atoms with Crippen molar-refractivity contribution in [2.24, 2.45) is 0 Å². The van der Waals surface area contributed by atoms with E-state index in [1.165, 1.54) is 0 Å². The molecule has 1 aliphatic carbocycles. The minimum atomic E-state index is 0.0324. The zero-order chi connectivity index (χ0) is 9.42. The average molecular weight is 213 g/mol. The van der Waals surface area contributed by atoms with Gasteiger partial charge in [0.1, 0.15) is 0 Å². The van der Waals surface area contributed by atoms with Gasteiger partial charge in [0.05, 0.1) is 5.03 Å². The van der Waals surface area contributed by atoms with Crippen molar-refractivity contribution in [3.63, 3.8) is 0 Å². The molecule has 1 aromatic rings. The SMILES string of the molecule is O=C1CC(Cl)=C(Cl)c2ccccc21. The molecule has 1 aromatic carbocycles. The van der Waals surface area contributed by atoms with Crippen LogP contribution in [0.3, 0.4) is 0 Å². The molecule has 1 aliphatic rings. The number of fused-ring (bicyclic) bond motifs is 1. The zero-order valence-electron chi connectivity index (χ0n) is 6.68. The molecule has 0 spiro atoms. The fraction of sp³-hybridized carbons (Fsp3) is 0.100. The van der Waals surface area contributed by atoms with Crippen LogP contribution in [0, 0.1) is 0 Å². The lowest BCUT2D eigenvalue weighted by molar-refractivity contribution is 0.0993. The summed E-state index contributed by atoms with van der Waals surface area (Å²) in [5.74, 6) is 0.0324. The third kappa shape index (κ3) is 1.38. The Balaban J connectivity index is 2.69. The minimum Gasteiger partial charge on any atom is -0.294 e. The molecule has 0 saturated carbocycles. The Kier molecular flexibility index (Phi) is 2.14. The second-order valence-electron chi connectivity index (χ2n) is 2.86. The Morgan fingerprint density at radius 1 is 1.08 bits per heavy atom. The van der Waals surface area contributed by atoms with Crippen molar-refractivity contribution in [2.75, 3.05) is 0 Å². The van der Waals surface area contributed by atoms with Gasteiger partial charge in [-0.05, 0) is 0 Å². The summed E-state index contributed by atoms with van der Waals surface area (Å²) in [7, 11) is 0. The quantitative estimate of drug-likeness (QED) is 0.645. The van der Waals surface area contributed by atoms with Crippen LogP contribution in [0.1, 0.15) is 22.3 Å². The van der Waals surface area contributed by atoms with Gasteiger partial charge in [-0.25, -0.2) is 0 Å². The molecule has 66 valence electrons. The average Bonchev–Trinajstić information content (AvgIpc) is 2.15. The van der Waals surface area contributed by atoms with E-state index in [2.05, 4.69) is 0 Å². The van der Waals surface area contributed by atoms with Crippen molar-refractivity contribution in [2.45, 2.75) is 6.42 Å². The highest BCUT2D eigenvalue weighted by atomic mass is 35.5. The summed E-state index contributed by atoms with van der Waals surface area (Å²) < 4.78 is 0. The maximum absolute atomic E-state index is 11.5. The van der Waals surface area contributed by atoms with Gasteiger partial charge >= 0.3 is 0 Å². The van der Waals surface area contributed by atoms with E-state index in [-0.39, 0.29) is 12.2 Å². The molecule has 0 N–H and O–H groups in total. The number of allylic oxidation sites excluding steroid dienone is 1. The van der Waals surface area contributed by atoms with Gasteiger partial charge in [0.15, 0.2) is 5.78 Å². The van der Waals surface area contributed by atoms with E-state index in [0.717, 1.165) is 5.56 Å².